The van der Waals surface area contributed by atoms with Crippen molar-refractivity contribution in [1.82, 2.24) is 10.6 Å². The maximum absolute atomic E-state index is 12.3. The first-order valence-corrected chi connectivity index (χ1v) is 7.20. The van der Waals surface area contributed by atoms with E-state index < -0.39 is 5.54 Å². The van der Waals surface area contributed by atoms with Gasteiger partial charge < -0.3 is 20.1 Å². The number of nitrogens with one attached hydrogen (secondary N) is 2. The molecule has 2 N–H and O–H groups in total. The number of rotatable bonds is 5. The molecule has 6 nitrogen and oxygen atoms in total. The number of hydrogen-bond acceptors (Lipinski definition) is 4. The maximum Gasteiger partial charge on any atom is 0.268 e. The van der Waals surface area contributed by atoms with Gasteiger partial charge in [-0.05, 0) is 44.5 Å². The summed E-state index contributed by atoms with van der Waals surface area (Å²) in [6.45, 7) is 6.96. The Kier molecular flexibility index (Phi) is 6.18. The summed E-state index contributed by atoms with van der Waals surface area (Å²) in [6.07, 6.45) is 1.59. The molecule has 1 rings (SSSR count). The number of amides is 2. The second-order valence-electron chi connectivity index (χ2n) is 6.06. The van der Waals surface area contributed by atoms with Crippen LogP contribution in [0.2, 0.25) is 0 Å². The third kappa shape index (κ3) is 6.02. The van der Waals surface area contributed by atoms with Crippen LogP contribution >= 0.6 is 0 Å². The van der Waals surface area contributed by atoms with Gasteiger partial charge in [-0.3, -0.25) is 9.59 Å². The third-order valence-corrected chi connectivity index (χ3v) is 2.76. The summed E-state index contributed by atoms with van der Waals surface area (Å²) in [5, 5.41) is 5.37. The first-order valence-electron chi connectivity index (χ1n) is 7.20. The van der Waals surface area contributed by atoms with Crippen LogP contribution in [0.25, 0.3) is 6.08 Å². The minimum absolute atomic E-state index is 0.166. The lowest BCUT2D eigenvalue weighted by Gasteiger charge is -2.21. The molecule has 0 saturated carbocycles. The molecule has 0 aliphatic rings. The fourth-order valence-corrected chi connectivity index (χ4v) is 1.87. The number of hydrogen-bond donors (Lipinski definition) is 2. The Hall–Kier alpha value is -2.50. The molecule has 2 amide bonds. The Bertz CT molecular complexity index is 616. The van der Waals surface area contributed by atoms with Crippen LogP contribution in [0, 0.1) is 0 Å². The molecule has 0 saturated heterocycles. The average Bonchev–Trinajstić information content (AvgIpc) is 2.44. The van der Waals surface area contributed by atoms with Gasteiger partial charge in [0, 0.05) is 12.5 Å². The molecule has 0 aliphatic carbocycles. The molecule has 0 unspecified atom stereocenters. The van der Waals surface area contributed by atoms with Gasteiger partial charge >= 0.3 is 0 Å². The van der Waals surface area contributed by atoms with Crippen LogP contribution in [-0.2, 0) is 9.59 Å². The van der Waals surface area contributed by atoms with Crippen molar-refractivity contribution in [3.05, 3.63) is 29.5 Å². The average molecular weight is 320 g/mol. The molecule has 0 aromatic heterocycles. The van der Waals surface area contributed by atoms with Crippen molar-refractivity contribution in [3.8, 4) is 11.5 Å². The summed E-state index contributed by atoms with van der Waals surface area (Å²) in [5.41, 5.74) is 0.460. The van der Waals surface area contributed by atoms with Crippen molar-refractivity contribution >= 4 is 17.9 Å². The number of carbonyl (C=O) groups is 2. The summed E-state index contributed by atoms with van der Waals surface area (Å²) < 4.78 is 10.4. The summed E-state index contributed by atoms with van der Waals surface area (Å²) in [5.74, 6) is 0.452. The van der Waals surface area contributed by atoms with Crippen LogP contribution in [0.15, 0.2) is 23.9 Å². The van der Waals surface area contributed by atoms with Gasteiger partial charge in [-0.25, -0.2) is 0 Å². The van der Waals surface area contributed by atoms with E-state index in [-0.39, 0.29) is 17.5 Å². The van der Waals surface area contributed by atoms with Crippen LogP contribution in [0.4, 0.5) is 0 Å². The third-order valence-electron chi connectivity index (χ3n) is 2.76. The largest absolute Gasteiger partial charge is 0.493 e. The van der Waals surface area contributed by atoms with E-state index in [0.29, 0.717) is 17.1 Å². The molecule has 0 heterocycles. The van der Waals surface area contributed by atoms with Crippen molar-refractivity contribution < 1.29 is 19.1 Å². The molecular weight excluding hydrogens is 296 g/mol. The Balaban J connectivity index is 3.18. The van der Waals surface area contributed by atoms with E-state index in [4.69, 9.17) is 9.47 Å². The van der Waals surface area contributed by atoms with Gasteiger partial charge in [-0.15, -0.1) is 0 Å². The standard InChI is InChI=1S/C17H24N2O4/c1-11(20)18-13(16(21)19-17(2,3)4)9-12-7-8-14(22-5)15(10-12)23-6/h7-10H,1-6H3,(H,18,20)(H,19,21). The zero-order valence-electron chi connectivity index (χ0n) is 14.4. The predicted octanol–water partition coefficient (Wildman–Crippen LogP) is 2.10. The van der Waals surface area contributed by atoms with Crippen molar-refractivity contribution in [2.75, 3.05) is 14.2 Å². The van der Waals surface area contributed by atoms with Gasteiger partial charge in [-0.1, -0.05) is 6.07 Å². The van der Waals surface area contributed by atoms with Crippen LogP contribution < -0.4 is 20.1 Å². The van der Waals surface area contributed by atoms with Gasteiger partial charge in [0.25, 0.3) is 5.91 Å². The second kappa shape index (κ2) is 7.67. The summed E-state index contributed by atoms with van der Waals surface area (Å²) in [6, 6.07) is 5.23. The quantitative estimate of drug-likeness (QED) is 0.815. The summed E-state index contributed by atoms with van der Waals surface area (Å²) in [7, 11) is 3.08. The van der Waals surface area contributed by atoms with E-state index in [1.54, 1.807) is 31.4 Å². The van der Waals surface area contributed by atoms with E-state index in [0.717, 1.165) is 0 Å². The molecule has 0 radical (unpaired) electrons. The van der Waals surface area contributed by atoms with Crippen molar-refractivity contribution in [2.24, 2.45) is 0 Å². The molecule has 6 heteroatoms. The van der Waals surface area contributed by atoms with Crippen LogP contribution in [-0.4, -0.2) is 31.6 Å². The zero-order valence-corrected chi connectivity index (χ0v) is 14.4. The van der Waals surface area contributed by atoms with E-state index in [1.165, 1.54) is 14.0 Å². The van der Waals surface area contributed by atoms with Crippen molar-refractivity contribution in [2.45, 2.75) is 33.2 Å². The van der Waals surface area contributed by atoms with Gasteiger partial charge in [0.05, 0.1) is 14.2 Å². The molecule has 1 aromatic rings. The monoisotopic (exact) mass is 320 g/mol. The summed E-state index contributed by atoms with van der Waals surface area (Å²) in [4.78, 5) is 23.7. The Morgan fingerprint density at radius 2 is 1.70 bits per heavy atom. The first kappa shape index (κ1) is 18.5. The Labute approximate surface area is 136 Å². The fourth-order valence-electron chi connectivity index (χ4n) is 1.87. The molecule has 1 aromatic carbocycles. The minimum atomic E-state index is -0.410. The first-order chi connectivity index (χ1) is 10.7. The molecule has 0 atom stereocenters. The van der Waals surface area contributed by atoms with Crippen molar-refractivity contribution in [3.63, 3.8) is 0 Å². The van der Waals surface area contributed by atoms with E-state index in [9.17, 15) is 9.59 Å². The normalized spacial score (nSPS) is 11.7. The second-order valence-corrected chi connectivity index (χ2v) is 6.06. The van der Waals surface area contributed by atoms with Crippen LogP contribution in [0.5, 0.6) is 11.5 Å². The van der Waals surface area contributed by atoms with Crippen LogP contribution in [0.1, 0.15) is 33.3 Å². The molecule has 126 valence electrons. The highest BCUT2D eigenvalue weighted by atomic mass is 16.5. The molecule has 0 aliphatic heterocycles. The topological polar surface area (TPSA) is 76.7 Å². The Morgan fingerprint density at radius 1 is 1.09 bits per heavy atom. The lowest BCUT2D eigenvalue weighted by molar-refractivity contribution is -0.123. The minimum Gasteiger partial charge on any atom is -0.493 e. The highest BCUT2D eigenvalue weighted by Gasteiger charge is 2.18. The molecule has 23 heavy (non-hydrogen) atoms. The SMILES string of the molecule is COc1ccc(C=C(NC(C)=O)C(=O)NC(C)(C)C)cc1OC. The highest BCUT2D eigenvalue weighted by molar-refractivity contribution is 6.01. The van der Waals surface area contributed by atoms with Crippen molar-refractivity contribution in [1.29, 1.82) is 0 Å². The lowest BCUT2D eigenvalue weighted by atomic mass is 10.1. The number of methoxy groups -OCH3 is 2. The number of carbonyl (C=O) groups excluding carboxylic acids is 2. The lowest BCUT2D eigenvalue weighted by Crippen LogP contribution is -2.44. The molecule has 0 fully saturated rings. The van der Waals surface area contributed by atoms with Gasteiger partial charge in [0.2, 0.25) is 5.91 Å². The molecule has 0 spiro atoms. The van der Waals surface area contributed by atoms with Gasteiger partial charge in [0.15, 0.2) is 11.5 Å². The maximum atomic E-state index is 12.3. The number of ether oxygens (including phenoxy) is 2. The van der Waals surface area contributed by atoms with Gasteiger partial charge in [-0.2, -0.15) is 0 Å². The predicted molar refractivity (Wildman–Crippen MR) is 89.2 cm³/mol. The van der Waals surface area contributed by atoms with E-state index in [1.807, 2.05) is 20.8 Å². The van der Waals surface area contributed by atoms with E-state index >= 15 is 0 Å². The zero-order chi connectivity index (χ0) is 17.6. The smallest absolute Gasteiger partial charge is 0.268 e. The highest BCUT2D eigenvalue weighted by Crippen LogP contribution is 2.28. The summed E-state index contributed by atoms with van der Waals surface area (Å²) >= 11 is 0. The van der Waals surface area contributed by atoms with Crippen LogP contribution in [0.3, 0.4) is 0 Å². The fraction of sp³-hybridized carbons (Fsp3) is 0.412. The Morgan fingerprint density at radius 3 is 2.17 bits per heavy atom. The molecular formula is C17H24N2O4. The van der Waals surface area contributed by atoms with E-state index in [2.05, 4.69) is 10.6 Å². The van der Waals surface area contributed by atoms with Gasteiger partial charge in [0.1, 0.15) is 5.70 Å². The number of benzene rings is 1. The molecule has 0 bridgehead atoms.